The quantitative estimate of drug-likeness (QED) is 0.791. The van der Waals surface area contributed by atoms with Gasteiger partial charge in [-0.25, -0.2) is 0 Å². The molecule has 1 saturated heterocycles. The molecule has 1 aliphatic heterocycles. The number of likely N-dealkylation sites (tertiary alicyclic amines) is 1. The Kier molecular flexibility index (Phi) is 5.72. The molecule has 2 nitrogen and oxygen atoms in total. The molecule has 0 amide bonds. The van der Waals surface area contributed by atoms with E-state index in [1.54, 1.807) is 0 Å². The van der Waals surface area contributed by atoms with E-state index in [2.05, 4.69) is 74.1 Å². The Bertz CT molecular complexity index is 421. The lowest BCUT2D eigenvalue weighted by Gasteiger charge is -2.24. The largest absolute Gasteiger partial charge is 0.381 e. The van der Waals surface area contributed by atoms with E-state index >= 15 is 0 Å². The highest BCUT2D eigenvalue weighted by Gasteiger charge is 2.19. The zero-order valence-electron chi connectivity index (χ0n) is 11.6. The van der Waals surface area contributed by atoms with Gasteiger partial charge in [0, 0.05) is 33.3 Å². The first kappa shape index (κ1) is 15.3. The normalized spacial score (nSPS) is 21.4. The van der Waals surface area contributed by atoms with Gasteiger partial charge < -0.3 is 10.2 Å². The zero-order valence-corrected chi connectivity index (χ0v) is 14.8. The molecule has 2 rings (SSSR count). The number of hydrogen-bond donors (Lipinski definition) is 1. The minimum Gasteiger partial charge on any atom is -0.381 e. The average molecular weight is 390 g/mol. The fraction of sp³-hybridized carbons (Fsp3) is 0.600. The van der Waals surface area contributed by atoms with Gasteiger partial charge in [-0.2, -0.15) is 0 Å². The number of anilines is 1. The molecular formula is C15H22Br2N2. The van der Waals surface area contributed by atoms with Gasteiger partial charge in [0.15, 0.2) is 0 Å². The van der Waals surface area contributed by atoms with E-state index in [9.17, 15) is 0 Å². The maximum atomic E-state index is 3.69. The second-order valence-corrected chi connectivity index (χ2v) is 7.30. The van der Waals surface area contributed by atoms with E-state index in [0.29, 0.717) is 12.1 Å². The summed E-state index contributed by atoms with van der Waals surface area (Å²) in [6, 6.07) is 7.53. The Balaban J connectivity index is 1.98. The predicted octanol–water partition coefficient (Wildman–Crippen LogP) is 4.89. The van der Waals surface area contributed by atoms with Crippen LogP contribution in [0.4, 0.5) is 5.69 Å². The first-order valence-electron chi connectivity index (χ1n) is 7.02. The standard InChI is InChI=1S/C15H22Br2N2/c1-11(2)19-8-3-4-13(7-9-19)18-15-10-12(16)5-6-14(15)17/h5-6,10-11,13,18H,3-4,7-9H2,1-2H3. The van der Waals surface area contributed by atoms with Gasteiger partial charge in [-0.1, -0.05) is 15.9 Å². The van der Waals surface area contributed by atoms with Crippen molar-refractivity contribution in [2.45, 2.75) is 45.2 Å². The molecule has 1 aromatic rings. The first-order chi connectivity index (χ1) is 9.06. The fourth-order valence-corrected chi connectivity index (χ4v) is 3.33. The van der Waals surface area contributed by atoms with E-state index in [4.69, 9.17) is 0 Å². The third kappa shape index (κ3) is 4.47. The van der Waals surface area contributed by atoms with Gasteiger partial charge in [0.1, 0.15) is 0 Å². The van der Waals surface area contributed by atoms with Crippen LogP contribution in [0.5, 0.6) is 0 Å². The van der Waals surface area contributed by atoms with Gasteiger partial charge in [-0.3, -0.25) is 0 Å². The summed E-state index contributed by atoms with van der Waals surface area (Å²) < 4.78 is 2.26. The van der Waals surface area contributed by atoms with Gasteiger partial charge in [0.2, 0.25) is 0 Å². The van der Waals surface area contributed by atoms with Crippen molar-refractivity contribution in [3.8, 4) is 0 Å². The number of benzene rings is 1. The zero-order chi connectivity index (χ0) is 13.8. The van der Waals surface area contributed by atoms with Crippen LogP contribution < -0.4 is 5.32 Å². The third-order valence-electron chi connectivity index (χ3n) is 3.78. The fourth-order valence-electron chi connectivity index (χ4n) is 2.61. The minimum atomic E-state index is 0.578. The van der Waals surface area contributed by atoms with Crippen LogP contribution in [-0.2, 0) is 0 Å². The maximum absolute atomic E-state index is 3.69. The van der Waals surface area contributed by atoms with Gasteiger partial charge in [0.05, 0.1) is 0 Å². The lowest BCUT2D eigenvalue weighted by atomic mass is 10.1. The Morgan fingerprint density at radius 2 is 2.00 bits per heavy atom. The predicted molar refractivity (Wildman–Crippen MR) is 89.8 cm³/mol. The van der Waals surface area contributed by atoms with Crippen LogP contribution in [-0.4, -0.2) is 30.1 Å². The summed E-state index contributed by atoms with van der Waals surface area (Å²) in [5, 5.41) is 3.69. The second-order valence-electron chi connectivity index (χ2n) is 5.53. The molecule has 0 bridgehead atoms. The van der Waals surface area contributed by atoms with Gasteiger partial charge >= 0.3 is 0 Å². The van der Waals surface area contributed by atoms with Gasteiger partial charge in [0.25, 0.3) is 0 Å². The molecule has 0 spiro atoms. The monoisotopic (exact) mass is 388 g/mol. The van der Waals surface area contributed by atoms with E-state index < -0.39 is 0 Å². The van der Waals surface area contributed by atoms with Crippen LogP contribution >= 0.6 is 31.9 Å². The number of halogens is 2. The Hall–Kier alpha value is -0.0600. The number of rotatable bonds is 3. The number of nitrogens with one attached hydrogen (secondary N) is 1. The van der Waals surface area contributed by atoms with Gasteiger partial charge in [-0.05, 0) is 73.8 Å². The van der Waals surface area contributed by atoms with E-state index in [-0.39, 0.29) is 0 Å². The van der Waals surface area contributed by atoms with Crippen LogP contribution in [0.2, 0.25) is 0 Å². The molecule has 1 aliphatic rings. The summed E-state index contributed by atoms with van der Waals surface area (Å²) >= 11 is 7.15. The number of nitrogens with zero attached hydrogens (tertiary/aromatic N) is 1. The van der Waals surface area contributed by atoms with Gasteiger partial charge in [-0.15, -0.1) is 0 Å². The molecule has 19 heavy (non-hydrogen) atoms. The smallest absolute Gasteiger partial charge is 0.0498 e. The molecule has 106 valence electrons. The molecule has 1 unspecified atom stereocenters. The lowest BCUT2D eigenvalue weighted by molar-refractivity contribution is 0.230. The Labute approximate surface area is 133 Å². The molecule has 4 heteroatoms. The van der Waals surface area contributed by atoms with Crippen molar-refractivity contribution in [3.05, 3.63) is 27.1 Å². The molecule has 1 atom stereocenters. The highest BCUT2D eigenvalue weighted by Crippen LogP contribution is 2.28. The molecule has 0 aromatic heterocycles. The van der Waals surface area contributed by atoms with Crippen molar-refractivity contribution in [1.29, 1.82) is 0 Å². The minimum absolute atomic E-state index is 0.578. The van der Waals surface area contributed by atoms with Crippen molar-refractivity contribution in [2.24, 2.45) is 0 Å². The maximum Gasteiger partial charge on any atom is 0.0498 e. The van der Waals surface area contributed by atoms with E-state index in [1.165, 1.54) is 38.0 Å². The Morgan fingerprint density at radius 3 is 2.74 bits per heavy atom. The SMILES string of the molecule is CC(C)N1CCCC(Nc2cc(Br)ccc2Br)CC1. The highest BCUT2D eigenvalue weighted by molar-refractivity contribution is 9.11. The molecule has 0 radical (unpaired) electrons. The van der Waals surface area contributed by atoms with Crippen molar-refractivity contribution in [2.75, 3.05) is 18.4 Å². The summed E-state index contributed by atoms with van der Waals surface area (Å²) in [6.07, 6.45) is 3.75. The summed E-state index contributed by atoms with van der Waals surface area (Å²) in [5.41, 5.74) is 1.19. The average Bonchev–Trinajstić information content (AvgIpc) is 2.59. The molecule has 1 fully saturated rings. The Morgan fingerprint density at radius 1 is 1.21 bits per heavy atom. The molecular weight excluding hydrogens is 368 g/mol. The molecule has 1 N–H and O–H groups in total. The van der Waals surface area contributed by atoms with Crippen molar-refractivity contribution in [3.63, 3.8) is 0 Å². The molecule has 0 aliphatic carbocycles. The topological polar surface area (TPSA) is 15.3 Å². The highest BCUT2D eigenvalue weighted by atomic mass is 79.9. The summed E-state index contributed by atoms with van der Waals surface area (Å²) in [5.74, 6) is 0. The van der Waals surface area contributed by atoms with E-state index in [1.807, 2.05) is 0 Å². The van der Waals surface area contributed by atoms with Crippen LogP contribution in [0.1, 0.15) is 33.1 Å². The van der Waals surface area contributed by atoms with Crippen molar-refractivity contribution < 1.29 is 0 Å². The van der Waals surface area contributed by atoms with E-state index in [0.717, 1.165) is 8.95 Å². The molecule has 1 aromatic carbocycles. The van der Waals surface area contributed by atoms with Crippen LogP contribution in [0.15, 0.2) is 27.1 Å². The second kappa shape index (κ2) is 7.09. The number of hydrogen-bond acceptors (Lipinski definition) is 2. The van der Waals surface area contributed by atoms with Crippen molar-refractivity contribution in [1.82, 2.24) is 4.90 Å². The first-order valence-corrected chi connectivity index (χ1v) is 8.60. The van der Waals surface area contributed by atoms with Crippen LogP contribution in [0.3, 0.4) is 0 Å². The van der Waals surface area contributed by atoms with Crippen molar-refractivity contribution >= 4 is 37.5 Å². The lowest BCUT2D eigenvalue weighted by Crippen LogP contribution is -2.32. The van der Waals surface area contributed by atoms with Crippen LogP contribution in [0.25, 0.3) is 0 Å². The molecule has 0 saturated carbocycles. The third-order valence-corrected chi connectivity index (χ3v) is 4.97. The summed E-state index contributed by atoms with van der Waals surface area (Å²) in [6.45, 7) is 7.01. The van der Waals surface area contributed by atoms with Crippen LogP contribution in [0, 0.1) is 0 Å². The molecule has 1 heterocycles. The summed E-state index contributed by atoms with van der Waals surface area (Å²) in [4.78, 5) is 2.58. The summed E-state index contributed by atoms with van der Waals surface area (Å²) in [7, 11) is 0.